The number of sulfonamides is 1. The normalized spacial score (nSPS) is 9.67. The molecule has 2 N–H and O–H groups in total. The summed E-state index contributed by atoms with van der Waals surface area (Å²) in [5.41, 5.74) is 0. The lowest BCUT2D eigenvalue weighted by atomic mass is 12.0. The zero-order chi connectivity index (χ0) is 4.50. The van der Waals surface area contributed by atoms with Gasteiger partial charge in [0.05, 0.1) is 6.26 Å². The first kappa shape index (κ1) is 9.30. The van der Waals surface area contributed by atoms with Crippen molar-refractivity contribution < 1.29 is 8.42 Å². The third-order valence-electron chi connectivity index (χ3n) is 0. The third kappa shape index (κ3) is 1890. The number of nitrogens with two attached hydrogens (primary N) is 1. The highest BCUT2D eigenvalue weighted by molar-refractivity contribution is 7.88. The summed E-state index contributed by atoms with van der Waals surface area (Å²) in [7, 11) is -3.17. The summed E-state index contributed by atoms with van der Waals surface area (Å²) < 4.78 is 18.8. The van der Waals surface area contributed by atoms with Gasteiger partial charge in [0.15, 0.2) is 0 Å². The minimum atomic E-state index is -3.17. The standard InChI is InChI=1S/CH5NO2S.N/c1-5(2,3)4;/h1H3,(H2,2,3,4);. The predicted octanol–water partition coefficient (Wildman–Crippen LogP) is -1.58. The highest BCUT2D eigenvalue weighted by Crippen LogP contribution is 1.52. The predicted molar refractivity (Wildman–Crippen MR) is 21.2 cm³/mol. The molecule has 0 fully saturated rings. The Morgan fingerprint density at radius 2 is 1.50 bits per heavy atom. The van der Waals surface area contributed by atoms with Crippen LogP contribution in [0, 0.1) is 0 Å². The van der Waals surface area contributed by atoms with E-state index in [1.807, 2.05) is 0 Å². The van der Waals surface area contributed by atoms with Crippen LogP contribution in [0.2, 0.25) is 0 Å². The Kier molecular flexibility index (Phi) is 3.28. The fourth-order valence-electron chi connectivity index (χ4n) is 0. The average Bonchev–Trinajstić information content (AvgIpc) is 0.722. The van der Waals surface area contributed by atoms with Crippen molar-refractivity contribution in [1.29, 1.82) is 0 Å². The largest absolute Gasteiger partial charge is 0.229 e. The van der Waals surface area contributed by atoms with Gasteiger partial charge in [-0.05, 0) is 0 Å². The van der Waals surface area contributed by atoms with Gasteiger partial charge >= 0.3 is 0 Å². The Balaban J connectivity index is 0. The van der Waals surface area contributed by atoms with Crippen LogP contribution in [0.4, 0.5) is 0 Å². The van der Waals surface area contributed by atoms with Gasteiger partial charge in [-0.25, -0.2) is 13.6 Å². The molecule has 0 rings (SSSR count). The molecule has 3 radical (unpaired) electrons. The Labute approximate surface area is 37.0 Å². The first-order valence-corrected chi connectivity index (χ1v) is 2.93. The van der Waals surface area contributed by atoms with Gasteiger partial charge in [-0.2, -0.15) is 0 Å². The molecule has 0 atom stereocenters. The van der Waals surface area contributed by atoms with E-state index in [2.05, 4.69) is 5.14 Å². The van der Waals surface area contributed by atoms with E-state index in [0.29, 0.717) is 0 Å². The highest BCUT2D eigenvalue weighted by Gasteiger charge is 1.78. The summed E-state index contributed by atoms with van der Waals surface area (Å²) in [6.45, 7) is 0. The van der Waals surface area contributed by atoms with Crippen LogP contribution >= 0.6 is 0 Å². The van der Waals surface area contributed by atoms with Crippen LogP contribution in [-0.4, -0.2) is 14.7 Å². The molecule has 0 spiro atoms. The SMILES string of the molecule is CS(N)(=O)=O.[N]. The second-order valence-electron chi connectivity index (χ2n) is 0.830. The van der Waals surface area contributed by atoms with Crippen molar-refractivity contribution in [1.82, 2.24) is 6.15 Å². The zero-order valence-electron chi connectivity index (χ0n) is 3.25. The molecule has 0 amide bonds. The Morgan fingerprint density at radius 3 is 1.50 bits per heavy atom. The Bertz CT molecular complexity index is 94.7. The van der Waals surface area contributed by atoms with E-state index in [0.717, 1.165) is 6.26 Å². The molecule has 37 valence electrons. The lowest BCUT2D eigenvalue weighted by Gasteiger charge is -1.71. The van der Waals surface area contributed by atoms with Gasteiger partial charge in [0.1, 0.15) is 0 Å². The van der Waals surface area contributed by atoms with E-state index >= 15 is 0 Å². The molecule has 4 nitrogen and oxygen atoms in total. The van der Waals surface area contributed by atoms with Crippen molar-refractivity contribution in [2.75, 3.05) is 6.26 Å². The lowest BCUT2D eigenvalue weighted by molar-refractivity contribution is 0.603. The van der Waals surface area contributed by atoms with E-state index in [9.17, 15) is 8.42 Å². The summed E-state index contributed by atoms with van der Waals surface area (Å²) in [4.78, 5) is 0. The van der Waals surface area contributed by atoms with Crippen molar-refractivity contribution in [2.24, 2.45) is 5.14 Å². The molecule has 0 aromatic carbocycles. The van der Waals surface area contributed by atoms with E-state index in [1.165, 1.54) is 0 Å². The van der Waals surface area contributed by atoms with Crippen molar-refractivity contribution in [3.63, 3.8) is 0 Å². The highest BCUT2D eigenvalue weighted by atomic mass is 32.2. The van der Waals surface area contributed by atoms with Crippen LogP contribution in [0.15, 0.2) is 0 Å². The van der Waals surface area contributed by atoms with Crippen molar-refractivity contribution in [3.8, 4) is 0 Å². The van der Waals surface area contributed by atoms with Gasteiger partial charge in [0.2, 0.25) is 10.0 Å². The first-order chi connectivity index (χ1) is 2.00. The molecular formula is CH5N2O2S. The summed E-state index contributed by atoms with van der Waals surface area (Å²) in [5.74, 6) is 0. The third-order valence-corrected chi connectivity index (χ3v) is 0. The van der Waals surface area contributed by atoms with Gasteiger partial charge in [-0.15, -0.1) is 0 Å². The number of nitrogens with zero attached hydrogens (tertiary/aromatic N) is 1. The monoisotopic (exact) mass is 109 g/mol. The van der Waals surface area contributed by atoms with Crippen LogP contribution in [-0.2, 0) is 10.0 Å². The second kappa shape index (κ2) is 2.12. The van der Waals surface area contributed by atoms with Crippen LogP contribution in [0.3, 0.4) is 0 Å². The van der Waals surface area contributed by atoms with Crippen LogP contribution in [0.1, 0.15) is 0 Å². The van der Waals surface area contributed by atoms with Crippen molar-refractivity contribution >= 4 is 10.0 Å². The molecule has 6 heavy (non-hydrogen) atoms. The maximum atomic E-state index is 9.41. The zero-order valence-corrected chi connectivity index (χ0v) is 4.07. The van der Waals surface area contributed by atoms with Crippen molar-refractivity contribution in [3.05, 3.63) is 0 Å². The van der Waals surface area contributed by atoms with E-state index in [1.54, 1.807) is 0 Å². The van der Waals surface area contributed by atoms with Gasteiger partial charge in [-0.3, -0.25) is 0 Å². The summed E-state index contributed by atoms with van der Waals surface area (Å²) >= 11 is 0. The van der Waals surface area contributed by atoms with Crippen LogP contribution < -0.4 is 11.3 Å². The van der Waals surface area contributed by atoms with E-state index < -0.39 is 10.0 Å². The number of rotatable bonds is 0. The van der Waals surface area contributed by atoms with Crippen LogP contribution in [0.5, 0.6) is 0 Å². The topological polar surface area (TPSA) is 90.7 Å². The summed E-state index contributed by atoms with van der Waals surface area (Å²) in [5, 5.41) is 4.33. The second-order valence-corrected chi connectivity index (χ2v) is 2.49. The molecule has 0 heterocycles. The molecule has 5 heteroatoms. The quantitative estimate of drug-likeness (QED) is 0.407. The van der Waals surface area contributed by atoms with Gasteiger partial charge in [0, 0.05) is 6.15 Å². The molecular weight excluding hydrogens is 104 g/mol. The first-order valence-electron chi connectivity index (χ1n) is 0.977. The van der Waals surface area contributed by atoms with E-state index in [4.69, 9.17) is 0 Å². The lowest BCUT2D eigenvalue weighted by Crippen LogP contribution is -2.07. The average molecular weight is 109 g/mol. The molecule has 0 aliphatic carbocycles. The molecule has 0 aromatic rings. The molecule has 0 unspecified atom stereocenters. The fourth-order valence-corrected chi connectivity index (χ4v) is 0. The molecule has 0 aliphatic heterocycles. The Hall–Kier alpha value is -0.130. The molecule has 0 saturated carbocycles. The van der Waals surface area contributed by atoms with Gasteiger partial charge < -0.3 is 0 Å². The summed E-state index contributed by atoms with van der Waals surface area (Å²) in [6, 6.07) is 0. The minimum Gasteiger partial charge on any atom is -0.229 e. The number of hydrogen-bond acceptors (Lipinski definition) is 2. The van der Waals surface area contributed by atoms with Crippen LogP contribution in [0.25, 0.3) is 0 Å². The maximum absolute atomic E-state index is 9.41. The number of hydrogen-bond donors (Lipinski definition) is 1. The van der Waals surface area contributed by atoms with E-state index in [-0.39, 0.29) is 6.15 Å². The molecule has 0 bridgehead atoms. The molecule has 0 aromatic heterocycles. The van der Waals surface area contributed by atoms with Gasteiger partial charge in [0.25, 0.3) is 0 Å². The fraction of sp³-hybridized carbons (Fsp3) is 1.00. The Morgan fingerprint density at radius 1 is 1.50 bits per heavy atom. The maximum Gasteiger partial charge on any atom is 0.206 e. The molecule has 0 saturated heterocycles. The smallest absolute Gasteiger partial charge is 0.206 e. The minimum absolute atomic E-state index is 0. The molecule has 0 aliphatic rings. The van der Waals surface area contributed by atoms with Gasteiger partial charge in [-0.1, -0.05) is 0 Å². The number of primary sulfonamides is 1. The van der Waals surface area contributed by atoms with Crippen molar-refractivity contribution in [2.45, 2.75) is 0 Å². The summed E-state index contributed by atoms with van der Waals surface area (Å²) in [6.07, 6.45) is 0.938.